The van der Waals surface area contributed by atoms with Gasteiger partial charge in [-0.2, -0.15) is 17.5 Å². The highest BCUT2D eigenvalue weighted by atomic mass is 35.5. The van der Waals surface area contributed by atoms with Gasteiger partial charge in [-0.05, 0) is 42.3 Å². The Morgan fingerprint density at radius 1 is 1.03 bits per heavy atom. The van der Waals surface area contributed by atoms with E-state index in [-0.39, 0.29) is 42.5 Å². The highest BCUT2D eigenvalue weighted by molar-refractivity contribution is 7.88. The van der Waals surface area contributed by atoms with Crippen molar-refractivity contribution in [2.75, 3.05) is 59.1 Å². The van der Waals surface area contributed by atoms with E-state index in [1.54, 1.807) is 4.90 Å². The van der Waals surface area contributed by atoms with Crippen LogP contribution in [0.3, 0.4) is 0 Å². The third kappa shape index (κ3) is 6.80. The first-order valence-corrected chi connectivity index (χ1v) is 14.6. The van der Waals surface area contributed by atoms with Crippen LogP contribution < -0.4 is 0 Å². The Morgan fingerprint density at radius 3 is 2.29 bits per heavy atom. The first-order valence-electron chi connectivity index (χ1n) is 12.4. The second-order valence-corrected chi connectivity index (χ2v) is 12.5. The molecule has 0 N–H and O–H groups in total. The van der Waals surface area contributed by atoms with Gasteiger partial charge in [-0.15, -0.1) is 0 Å². The van der Waals surface area contributed by atoms with Gasteiger partial charge in [-0.25, -0.2) is 13.2 Å². The first kappa shape index (κ1) is 28.7. The van der Waals surface area contributed by atoms with Crippen LogP contribution in [-0.2, 0) is 22.7 Å². The summed E-state index contributed by atoms with van der Waals surface area (Å²) in [6.07, 6.45) is -3.28. The summed E-state index contributed by atoms with van der Waals surface area (Å²) in [5, 5.41) is 0.279. The molecule has 2 amide bonds. The monoisotopic (exact) mass is 572 g/mol. The summed E-state index contributed by atoms with van der Waals surface area (Å²) in [5.41, 5.74) is 0.760. The SMILES string of the molecule is CN(Cc1cc(C(F)(F)F)ccc1Cl)CC1CN(C(=O)N2CCN(S(C)(=O)=O)CC2)C[C@@H]1c1ccccc1. The number of rotatable bonds is 6. The number of hydrogen-bond donors (Lipinski definition) is 0. The van der Waals surface area contributed by atoms with Gasteiger partial charge in [0.05, 0.1) is 11.8 Å². The van der Waals surface area contributed by atoms with Crippen molar-refractivity contribution in [1.29, 1.82) is 0 Å². The maximum absolute atomic E-state index is 13.4. The molecule has 7 nitrogen and oxygen atoms in total. The van der Waals surface area contributed by atoms with Gasteiger partial charge in [0.2, 0.25) is 10.0 Å². The summed E-state index contributed by atoms with van der Waals surface area (Å²) < 4.78 is 64.7. The number of benzene rings is 2. The van der Waals surface area contributed by atoms with Crippen LogP contribution in [0.1, 0.15) is 22.6 Å². The average molecular weight is 573 g/mol. The lowest BCUT2D eigenvalue weighted by Crippen LogP contribution is -2.53. The van der Waals surface area contributed by atoms with E-state index in [2.05, 4.69) is 0 Å². The molecule has 0 saturated carbocycles. The molecule has 12 heteroatoms. The van der Waals surface area contributed by atoms with E-state index in [9.17, 15) is 26.4 Å². The van der Waals surface area contributed by atoms with Gasteiger partial charge in [-0.1, -0.05) is 41.9 Å². The fourth-order valence-corrected chi connectivity index (χ4v) is 6.33. The number of hydrogen-bond acceptors (Lipinski definition) is 4. The second kappa shape index (κ2) is 11.4. The van der Waals surface area contributed by atoms with Crippen molar-refractivity contribution in [2.24, 2.45) is 5.92 Å². The van der Waals surface area contributed by atoms with Gasteiger partial charge < -0.3 is 14.7 Å². The molecule has 0 radical (unpaired) electrons. The maximum atomic E-state index is 13.4. The molecule has 2 saturated heterocycles. The number of carbonyl (C=O) groups is 1. The number of sulfonamides is 1. The largest absolute Gasteiger partial charge is 0.416 e. The lowest BCUT2D eigenvalue weighted by Gasteiger charge is -2.35. The van der Waals surface area contributed by atoms with E-state index in [1.165, 1.54) is 16.6 Å². The number of likely N-dealkylation sites (tertiary alicyclic amines) is 1. The molecule has 2 aromatic carbocycles. The molecule has 2 aliphatic heterocycles. The van der Waals surface area contributed by atoms with Crippen molar-refractivity contribution in [3.63, 3.8) is 0 Å². The molecule has 2 atom stereocenters. The zero-order valence-electron chi connectivity index (χ0n) is 21.4. The number of amides is 2. The molecule has 38 heavy (non-hydrogen) atoms. The Balaban J connectivity index is 1.46. The van der Waals surface area contributed by atoms with Gasteiger partial charge in [0.15, 0.2) is 0 Å². The molecule has 4 rings (SSSR count). The Labute approximate surface area is 226 Å². The number of halogens is 4. The molecular weight excluding hydrogens is 541 g/mol. The van der Waals surface area contributed by atoms with E-state index >= 15 is 0 Å². The number of carbonyl (C=O) groups excluding carboxylic acids is 1. The van der Waals surface area contributed by atoms with E-state index in [0.717, 1.165) is 17.7 Å². The lowest BCUT2D eigenvalue weighted by atomic mass is 9.88. The van der Waals surface area contributed by atoms with E-state index in [4.69, 9.17) is 11.6 Å². The fourth-order valence-electron chi connectivity index (χ4n) is 5.33. The molecule has 0 spiro atoms. The van der Waals surface area contributed by atoms with Gasteiger partial charge in [0.1, 0.15) is 0 Å². The summed E-state index contributed by atoms with van der Waals surface area (Å²) >= 11 is 6.23. The van der Waals surface area contributed by atoms with E-state index in [0.29, 0.717) is 38.3 Å². The average Bonchev–Trinajstić information content (AvgIpc) is 3.28. The third-order valence-corrected chi connectivity index (χ3v) is 8.95. The van der Waals surface area contributed by atoms with Crippen LogP contribution in [0.4, 0.5) is 18.0 Å². The Hall–Kier alpha value is -2.34. The quantitative estimate of drug-likeness (QED) is 0.520. The predicted octanol–water partition coefficient (Wildman–Crippen LogP) is 4.20. The summed E-state index contributed by atoms with van der Waals surface area (Å²) in [7, 11) is -1.46. The van der Waals surface area contributed by atoms with Crippen LogP contribution in [0.25, 0.3) is 0 Å². The number of alkyl halides is 3. The molecule has 1 unspecified atom stereocenters. The molecular formula is C26H32ClF3N4O3S. The van der Waals surface area contributed by atoms with Crippen LogP contribution in [-0.4, -0.2) is 92.6 Å². The summed E-state index contributed by atoms with van der Waals surface area (Å²) in [5.74, 6) is 0.102. The van der Waals surface area contributed by atoms with Crippen molar-refractivity contribution in [3.05, 3.63) is 70.2 Å². The minimum Gasteiger partial charge on any atom is -0.324 e. The molecule has 0 aliphatic carbocycles. The fraction of sp³-hybridized carbons (Fsp3) is 0.500. The highest BCUT2D eigenvalue weighted by Crippen LogP contribution is 2.35. The first-order chi connectivity index (χ1) is 17.8. The highest BCUT2D eigenvalue weighted by Gasteiger charge is 2.39. The van der Waals surface area contributed by atoms with Gasteiger partial charge in [0, 0.05) is 63.3 Å². The standard InChI is InChI=1S/C26H32ClF3N4O3S/c1-31(15-20-14-22(26(28,29)30)8-9-24(20)27)16-21-17-33(18-23(21)19-6-4-3-5-7-19)25(35)32-10-12-34(13-11-32)38(2,36)37/h3-9,14,21,23H,10-13,15-18H2,1-2H3/t21?,23-/m1/s1. The summed E-state index contributed by atoms with van der Waals surface area (Å²) in [6.45, 7) is 2.99. The zero-order chi connectivity index (χ0) is 27.7. The molecule has 2 heterocycles. The van der Waals surface area contributed by atoms with Crippen molar-refractivity contribution < 1.29 is 26.4 Å². The predicted molar refractivity (Wildman–Crippen MR) is 140 cm³/mol. The van der Waals surface area contributed by atoms with Crippen LogP contribution in [0, 0.1) is 5.92 Å². The van der Waals surface area contributed by atoms with Gasteiger partial charge >= 0.3 is 12.2 Å². The van der Waals surface area contributed by atoms with E-state index in [1.807, 2.05) is 47.2 Å². The minimum absolute atomic E-state index is 0.0493. The Morgan fingerprint density at radius 2 is 1.68 bits per heavy atom. The molecule has 2 aromatic rings. The summed E-state index contributed by atoms with van der Waals surface area (Å²) in [4.78, 5) is 18.8. The smallest absolute Gasteiger partial charge is 0.324 e. The molecule has 2 fully saturated rings. The van der Waals surface area contributed by atoms with Gasteiger partial charge in [-0.3, -0.25) is 0 Å². The molecule has 0 bridgehead atoms. The molecule has 0 aromatic heterocycles. The van der Waals surface area contributed by atoms with Crippen molar-refractivity contribution in [2.45, 2.75) is 18.6 Å². The number of nitrogens with zero attached hydrogens (tertiary/aromatic N) is 4. The molecule has 2 aliphatic rings. The molecule has 208 valence electrons. The minimum atomic E-state index is -4.45. The Bertz CT molecular complexity index is 1240. The summed E-state index contributed by atoms with van der Waals surface area (Å²) in [6, 6.07) is 13.1. The maximum Gasteiger partial charge on any atom is 0.416 e. The van der Waals surface area contributed by atoms with Crippen molar-refractivity contribution in [3.8, 4) is 0 Å². The second-order valence-electron chi connectivity index (χ2n) is 10.1. The van der Waals surface area contributed by atoms with E-state index < -0.39 is 21.8 Å². The van der Waals surface area contributed by atoms with Crippen LogP contribution in [0.15, 0.2) is 48.5 Å². The van der Waals surface area contributed by atoms with Crippen LogP contribution in [0.5, 0.6) is 0 Å². The topological polar surface area (TPSA) is 64.2 Å². The van der Waals surface area contributed by atoms with Crippen molar-refractivity contribution >= 4 is 27.7 Å². The Kier molecular flexibility index (Phi) is 8.61. The van der Waals surface area contributed by atoms with Gasteiger partial charge in [0.25, 0.3) is 0 Å². The zero-order valence-corrected chi connectivity index (χ0v) is 22.9. The van der Waals surface area contributed by atoms with Crippen LogP contribution >= 0.6 is 11.6 Å². The normalized spacial score (nSPS) is 21.3. The van der Waals surface area contributed by atoms with Crippen LogP contribution in [0.2, 0.25) is 5.02 Å². The van der Waals surface area contributed by atoms with Crippen molar-refractivity contribution in [1.82, 2.24) is 19.0 Å². The third-order valence-electron chi connectivity index (χ3n) is 7.28. The number of urea groups is 1. The number of piperazine rings is 1. The lowest BCUT2D eigenvalue weighted by molar-refractivity contribution is -0.137.